The zero-order valence-electron chi connectivity index (χ0n) is 23.1. The fraction of sp³-hybridized carbons (Fsp3) is 0.290. The third kappa shape index (κ3) is 5.87. The predicted octanol–water partition coefficient (Wildman–Crippen LogP) is 5.74. The quantitative estimate of drug-likeness (QED) is 0.131. The van der Waals surface area contributed by atoms with Crippen molar-refractivity contribution in [1.82, 2.24) is 5.32 Å². The molecule has 2 aromatic carbocycles. The molecule has 11 heteroatoms. The van der Waals surface area contributed by atoms with Crippen molar-refractivity contribution in [3.05, 3.63) is 103 Å². The van der Waals surface area contributed by atoms with Gasteiger partial charge in [0.2, 0.25) is 5.75 Å². The summed E-state index contributed by atoms with van der Waals surface area (Å²) in [6, 6.07) is 15.7. The van der Waals surface area contributed by atoms with Crippen molar-refractivity contribution in [2.75, 3.05) is 19.8 Å². The van der Waals surface area contributed by atoms with E-state index in [1.165, 1.54) is 12.1 Å². The number of esters is 1. The Morgan fingerprint density at radius 2 is 1.90 bits per heavy atom. The maximum Gasteiger partial charge on any atom is 0.336 e. The van der Waals surface area contributed by atoms with Gasteiger partial charge in [0, 0.05) is 46.2 Å². The number of phenols is 1. The lowest BCUT2D eigenvalue weighted by Crippen LogP contribution is -2.36. The van der Waals surface area contributed by atoms with Crippen LogP contribution in [-0.4, -0.2) is 41.6 Å². The molecule has 1 aromatic heterocycles. The minimum atomic E-state index is -0.973. The lowest BCUT2D eigenvalue weighted by Gasteiger charge is -2.36. The molecule has 0 amide bonds. The molecule has 1 aliphatic heterocycles. The van der Waals surface area contributed by atoms with Crippen LogP contribution in [0.1, 0.15) is 49.0 Å². The number of carbonyl (C=O) groups is 2. The third-order valence-electron chi connectivity index (χ3n) is 7.23. The lowest BCUT2D eigenvalue weighted by molar-refractivity contribution is -0.386. The fourth-order valence-electron chi connectivity index (χ4n) is 5.44. The van der Waals surface area contributed by atoms with E-state index < -0.39 is 28.2 Å². The van der Waals surface area contributed by atoms with E-state index in [0.29, 0.717) is 29.1 Å². The SMILES string of the molecule is CCOc1cc([C@@H]2C(C(=O)OCCOc3ccccc3)=C(C)NC3=C2C(=O)C[C@H](c2cccs2)C3)cc([N+](=O)[O-])c1O. The number of nitrogens with zero attached hydrogens (tertiary/aromatic N) is 1. The van der Waals surface area contributed by atoms with Crippen molar-refractivity contribution in [3.8, 4) is 17.2 Å². The van der Waals surface area contributed by atoms with Gasteiger partial charge in [0.1, 0.15) is 19.0 Å². The zero-order chi connectivity index (χ0) is 29.8. The van der Waals surface area contributed by atoms with Crippen LogP contribution in [0.2, 0.25) is 0 Å². The normalized spacial score (nSPS) is 18.3. The topological polar surface area (TPSA) is 137 Å². The van der Waals surface area contributed by atoms with E-state index in [4.69, 9.17) is 14.2 Å². The molecule has 0 saturated carbocycles. The Hall–Kier alpha value is -4.64. The summed E-state index contributed by atoms with van der Waals surface area (Å²) in [4.78, 5) is 39.7. The highest BCUT2D eigenvalue weighted by atomic mass is 32.1. The van der Waals surface area contributed by atoms with Gasteiger partial charge in [0.05, 0.1) is 17.1 Å². The second-order valence-electron chi connectivity index (χ2n) is 9.91. The number of ketones is 1. The summed E-state index contributed by atoms with van der Waals surface area (Å²) in [6.45, 7) is 3.58. The summed E-state index contributed by atoms with van der Waals surface area (Å²) in [5.74, 6) is -1.97. The fourth-order valence-corrected chi connectivity index (χ4v) is 6.27. The highest BCUT2D eigenvalue weighted by Crippen LogP contribution is 2.49. The minimum Gasteiger partial charge on any atom is -0.500 e. The Kier molecular flexibility index (Phi) is 8.58. The molecule has 0 fully saturated rings. The van der Waals surface area contributed by atoms with E-state index >= 15 is 0 Å². The van der Waals surface area contributed by atoms with Crippen LogP contribution in [0.5, 0.6) is 17.2 Å². The van der Waals surface area contributed by atoms with Gasteiger partial charge in [-0.2, -0.15) is 0 Å². The van der Waals surface area contributed by atoms with Gasteiger partial charge in [0.25, 0.3) is 0 Å². The summed E-state index contributed by atoms with van der Waals surface area (Å²) >= 11 is 1.58. The molecular weight excluding hydrogens is 560 g/mol. The number of ether oxygens (including phenoxy) is 3. The van der Waals surface area contributed by atoms with Gasteiger partial charge < -0.3 is 24.6 Å². The highest BCUT2D eigenvalue weighted by Gasteiger charge is 2.42. The minimum absolute atomic E-state index is 0.0334. The molecule has 2 N–H and O–H groups in total. The molecule has 3 aromatic rings. The number of dihydropyridines is 1. The average molecular weight is 591 g/mol. The van der Waals surface area contributed by atoms with Crippen molar-refractivity contribution in [3.63, 3.8) is 0 Å². The molecule has 42 heavy (non-hydrogen) atoms. The maximum absolute atomic E-state index is 13.8. The number of nitro groups is 1. The van der Waals surface area contributed by atoms with Crippen LogP contribution in [0.15, 0.2) is 82.5 Å². The summed E-state index contributed by atoms with van der Waals surface area (Å²) in [6.07, 6.45) is 0.753. The Morgan fingerprint density at radius 3 is 2.60 bits per heavy atom. The standard InChI is InChI=1S/C31H30N2O8S/c1-3-39-25-17-20(15-23(30(25)35)33(37)38)28-27(31(36)41-12-11-40-21-8-5-4-6-9-21)18(2)32-22-14-19(16-24(34)29(22)28)26-10-7-13-42-26/h4-10,13,15,17,19,28,32,35H,3,11-12,14,16H2,1-2H3/t19-,28-/m1/s1. The number of aromatic hydroxyl groups is 1. The van der Waals surface area contributed by atoms with Gasteiger partial charge >= 0.3 is 11.7 Å². The zero-order valence-corrected chi connectivity index (χ0v) is 23.9. The number of Topliss-reactive ketones (excluding diaryl/α,β-unsaturated/α-hetero) is 1. The van der Waals surface area contributed by atoms with Gasteiger partial charge in [0.15, 0.2) is 11.5 Å². The largest absolute Gasteiger partial charge is 0.500 e. The van der Waals surface area contributed by atoms with Crippen LogP contribution < -0.4 is 14.8 Å². The smallest absolute Gasteiger partial charge is 0.336 e. The first-order valence-electron chi connectivity index (χ1n) is 13.5. The number of allylic oxidation sites excluding steroid dienone is 3. The maximum atomic E-state index is 13.8. The molecule has 0 unspecified atom stereocenters. The number of para-hydroxylation sites is 1. The molecule has 0 radical (unpaired) electrons. The molecule has 218 valence electrons. The van der Waals surface area contributed by atoms with E-state index in [2.05, 4.69) is 5.32 Å². The van der Waals surface area contributed by atoms with Gasteiger partial charge in [-0.15, -0.1) is 11.3 Å². The van der Waals surface area contributed by atoms with Crippen molar-refractivity contribution < 1.29 is 33.8 Å². The molecule has 2 heterocycles. The van der Waals surface area contributed by atoms with Crippen molar-refractivity contribution in [2.24, 2.45) is 0 Å². The summed E-state index contributed by atoms with van der Waals surface area (Å²) in [5, 5.41) is 27.7. The van der Waals surface area contributed by atoms with Crippen LogP contribution in [0, 0.1) is 10.1 Å². The Morgan fingerprint density at radius 1 is 1.12 bits per heavy atom. The first-order chi connectivity index (χ1) is 20.3. The second kappa shape index (κ2) is 12.5. The number of nitrogens with one attached hydrogen (secondary N) is 1. The van der Waals surface area contributed by atoms with E-state index in [1.54, 1.807) is 37.3 Å². The van der Waals surface area contributed by atoms with Crippen molar-refractivity contribution in [2.45, 2.75) is 38.5 Å². The molecule has 1 aliphatic carbocycles. The predicted molar refractivity (Wildman–Crippen MR) is 156 cm³/mol. The molecule has 2 aliphatic rings. The van der Waals surface area contributed by atoms with Gasteiger partial charge in [-0.05, 0) is 55.5 Å². The number of benzene rings is 2. The van der Waals surface area contributed by atoms with Gasteiger partial charge in [-0.1, -0.05) is 24.3 Å². The molecule has 0 spiro atoms. The Labute approximate surface area is 246 Å². The van der Waals surface area contributed by atoms with Crippen LogP contribution in [0.25, 0.3) is 0 Å². The molecule has 0 saturated heterocycles. The first kappa shape index (κ1) is 28.9. The third-order valence-corrected chi connectivity index (χ3v) is 8.26. The van der Waals surface area contributed by atoms with Gasteiger partial charge in [-0.25, -0.2) is 4.79 Å². The van der Waals surface area contributed by atoms with Crippen molar-refractivity contribution >= 4 is 28.8 Å². The lowest BCUT2D eigenvalue weighted by atomic mass is 9.72. The number of thiophene rings is 1. The monoisotopic (exact) mass is 590 g/mol. The summed E-state index contributed by atoms with van der Waals surface area (Å²) in [7, 11) is 0. The average Bonchev–Trinajstić information content (AvgIpc) is 3.51. The first-order valence-corrected chi connectivity index (χ1v) is 14.4. The number of carbonyl (C=O) groups excluding carboxylic acids is 2. The number of hydrogen-bond acceptors (Lipinski definition) is 10. The van der Waals surface area contributed by atoms with E-state index in [9.17, 15) is 24.8 Å². The summed E-state index contributed by atoms with van der Waals surface area (Å²) in [5.41, 5.74) is 1.32. The molecule has 5 rings (SSSR count). The van der Waals surface area contributed by atoms with E-state index in [-0.39, 0.29) is 54.8 Å². The van der Waals surface area contributed by atoms with Crippen LogP contribution >= 0.6 is 11.3 Å². The Balaban J connectivity index is 1.52. The molecule has 10 nitrogen and oxygen atoms in total. The molecule has 2 atom stereocenters. The van der Waals surface area contributed by atoms with Crippen LogP contribution in [0.4, 0.5) is 5.69 Å². The number of phenolic OH excluding ortho intramolecular Hbond substituents is 1. The number of hydrogen-bond donors (Lipinski definition) is 2. The number of rotatable bonds is 10. The van der Waals surface area contributed by atoms with E-state index in [1.807, 2.05) is 35.7 Å². The molecular formula is C31H30N2O8S. The van der Waals surface area contributed by atoms with Crippen LogP contribution in [-0.2, 0) is 14.3 Å². The number of nitro benzene ring substituents is 1. The van der Waals surface area contributed by atoms with Crippen LogP contribution in [0.3, 0.4) is 0 Å². The van der Waals surface area contributed by atoms with Gasteiger partial charge in [-0.3, -0.25) is 14.9 Å². The highest BCUT2D eigenvalue weighted by molar-refractivity contribution is 7.10. The molecule has 0 bridgehead atoms. The second-order valence-corrected chi connectivity index (χ2v) is 10.9. The Bertz CT molecular complexity index is 1560. The summed E-state index contributed by atoms with van der Waals surface area (Å²) < 4.78 is 16.7. The van der Waals surface area contributed by atoms with E-state index in [0.717, 1.165) is 4.88 Å². The van der Waals surface area contributed by atoms with Crippen molar-refractivity contribution in [1.29, 1.82) is 0 Å².